The van der Waals surface area contributed by atoms with Crippen molar-refractivity contribution < 1.29 is 9.18 Å². The number of rotatable bonds is 5. The first-order chi connectivity index (χ1) is 11.2. The fourth-order valence-corrected chi connectivity index (χ4v) is 4.16. The molecule has 2 aliphatic rings. The number of ketones is 1. The van der Waals surface area contributed by atoms with E-state index in [-0.39, 0.29) is 11.6 Å². The second kappa shape index (κ2) is 5.89. The van der Waals surface area contributed by atoms with E-state index in [9.17, 15) is 9.18 Å². The second-order valence-corrected chi connectivity index (χ2v) is 6.51. The van der Waals surface area contributed by atoms with E-state index in [4.69, 9.17) is 0 Å². The van der Waals surface area contributed by atoms with Crippen molar-refractivity contribution in [3.05, 3.63) is 71.0 Å². The van der Waals surface area contributed by atoms with Crippen LogP contribution < -0.4 is 0 Å². The minimum Gasteiger partial charge on any atom is -0.294 e. The number of fused-ring (bicyclic) bond motifs is 5. The maximum absolute atomic E-state index is 12.9. The van der Waals surface area contributed by atoms with Crippen molar-refractivity contribution in [1.82, 2.24) is 4.90 Å². The molecule has 0 saturated carbocycles. The van der Waals surface area contributed by atoms with Gasteiger partial charge in [0.1, 0.15) is 5.82 Å². The van der Waals surface area contributed by atoms with Crippen molar-refractivity contribution >= 4 is 5.78 Å². The quantitative estimate of drug-likeness (QED) is 0.747. The molecule has 2 unspecified atom stereocenters. The van der Waals surface area contributed by atoms with Crippen LogP contribution in [0.25, 0.3) is 0 Å². The number of carbonyl (C=O) groups is 1. The van der Waals surface area contributed by atoms with Crippen LogP contribution in [0.2, 0.25) is 0 Å². The van der Waals surface area contributed by atoms with Gasteiger partial charge in [0.15, 0.2) is 5.78 Å². The topological polar surface area (TPSA) is 20.3 Å². The third-order valence-electron chi connectivity index (χ3n) is 5.21. The second-order valence-electron chi connectivity index (χ2n) is 6.51. The molecule has 0 amide bonds. The lowest BCUT2D eigenvalue weighted by Gasteiger charge is -2.21. The Hall–Kier alpha value is -2.00. The van der Waals surface area contributed by atoms with Crippen LogP contribution in [0.1, 0.15) is 59.3 Å². The summed E-state index contributed by atoms with van der Waals surface area (Å²) < 4.78 is 12.9. The van der Waals surface area contributed by atoms with Gasteiger partial charge in [-0.1, -0.05) is 24.3 Å². The third kappa shape index (κ3) is 2.59. The van der Waals surface area contributed by atoms with E-state index in [0.29, 0.717) is 24.1 Å². The van der Waals surface area contributed by atoms with Crippen LogP contribution >= 0.6 is 0 Å². The maximum atomic E-state index is 12.9. The molecule has 2 bridgehead atoms. The highest BCUT2D eigenvalue weighted by Gasteiger charge is 2.42. The summed E-state index contributed by atoms with van der Waals surface area (Å²) in [6, 6.07) is 15.7. The number of carbonyl (C=O) groups excluding carboxylic acids is 1. The Balaban J connectivity index is 1.36. The van der Waals surface area contributed by atoms with Gasteiger partial charge in [-0.3, -0.25) is 9.69 Å². The highest BCUT2D eigenvalue weighted by atomic mass is 19.1. The van der Waals surface area contributed by atoms with Crippen molar-refractivity contribution in [2.45, 2.75) is 37.8 Å². The van der Waals surface area contributed by atoms with Gasteiger partial charge in [-0.25, -0.2) is 4.39 Å². The van der Waals surface area contributed by atoms with Gasteiger partial charge in [0.2, 0.25) is 0 Å². The van der Waals surface area contributed by atoms with Crippen molar-refractivity contribution in [1.29, 1.82) is 0 Å². The predicted octanol–water partition coefficient (Wildman–Crippen LogP) is 4.68. The lowest BCUT2D eigenvalue weighted by Crippen LogP contribution is -2.21. The molecule has 1 fully saturated rings. The zero-order chi connectivity index (χ0) is 15.8. The molecular weight excluding hydrogens is 289 g/mol. The van der Waals surface area contributed by atoms with Crippen LogP contribution in [0, 0.1) is 5.82 Å². The molecule has 2 heterocycles. The Bertz CT molecular complexity index is 694. The Morgan fingerprint density at radius 3 is 2.22 bits per heavy atom. The molecule has 0 spiro atoms. The fraction of sp³-hybridized carbons (Fsp3) is 0.350. The monoisotopic (exact) mass is 309 g/mol. The number of hydrogen-bond acceptors (Lipinski definition) is 2. The number of hydrogen-bond donors (Lipinski definition) is 0. The molecule has 1 saturated heterocycles. The predicted molar refractivity (Wildman–Crippen MR) is 87.8 cm³/mol. The molecule has 0 aromatic heterocycles. The van der Waals surface area contributed by atoms with Crippen molar-refractivity contribution in [2.24, 2.45) is 0 Å². The average Bonchev–Trinajstić information content (AvgIpc) is 3.12. The van der Waals surface area contributed by atoms with Gasteiger partial charge >= 0.3 is 0 Å². The molecule has 118 valence electrons. The first-order valence-corrected chi connectivity index (χ1v) is 8.37. The van der Waals surface area contributed by atoms with E-state index in [1.54, 1.807) is 12.1 Å². The van der Waals surface area contributed by atoms with E-state index in [2.05, 4.69) is 29.2 Å². The molecule has 4 rings (SSSR count). The van der Waals surface area contributed by atoms with Gasteiger partial charge in [-0.2, -0.15) is 0 Å². The standard InChI is InChI=1S/C20H20FNO/c21-15-9-7-14(8-10-15)20(23)6-3-13-22-18-11-12-19(22)17-5-2-1-4-16(17)18/h1-2,4-5,7-10,18-19H,3,6,11-13H2. The highest BCUT2D eigenvalue weighted by molar-refractivity contribution is 5.95. The molecule has 23 heavy (non-hydrogen) atoms. The average molecular weight is 309 g/mol. The van der Waals surface area contributed by atoms with Crippen LogP contribution in [0.4, 0.5) is 4.39 Å². The SMILES string of the molecule is O=C(CCCN1C2CCC1c1ccccc12)c1ccc(F)cc1. The lowest BCUT2D eigenvalue weighted by molar-refractivity contribution is 0.0971. The Kier molecular flexibility index (Phi) is 3.74. The minimum atomic E-state index is -0.298. The molecule has 2 nitrogen and oxygen atoms in total. The first kappa shape index (κ1) is 14.6. The number of nitrogens with zero attached hydrogens (tertiary/aromatic N) is 1. The van der Waals surface area contributed by atoms with Crippen molar-refractivity contribution in [3.63, 3.8) is 0 Å². The Morgan fingerprint density at radius 1 is 1.00 bits per heavy atom. The number of benzene rings is 2. The maximum Gasteiger partial charge on any atom is 0.162 e. The zero-order valence-electron chi connectivity index (χ0n) is 13.0. The van der Waals surface area contributed by atoms with Gasteiger partial charge in [-0.05, 0) is 61.2 Å². The van der Waals surface area contributed by atoms with Crippen LogP contribution in [-0.4, -0.2) is 17.2 Å². The van der Waals surface area contributed by atoms with E-state index >= 15 is 0 Å². The summed E-state index contributed by atoms with van der Waals surface area (Å²) in [5.74, 6) is -0.193. The number of halogens is 1. The molecule has 0 aliphatic carbocycles. The Labute approximate surface area is 135 Å². The highest BCUT2D eigenvalue weighted by Crippen LogP contribution is 2.52. The van der Waals surface area contributed by atoms with Gasteiger partial charge < -0.3 is 0 Å². The summed E-state index contributed by atoms with van der Waals surface area (Å²) in [5.41, 5.74) is 3.57. The third-order valence-corrected chi connectivity index (χ3v) is 5.21. The van der Waals surface area contributed by atoms with E-state index in [0.717, 1.165) is 13.0 Å². The smallest absolute Gasteiger partial charge is 0.162 e. The van der Waals surface area contributed by atoms with E-state index < -0.39 is 0 Å². The first-order valence-electron chi connectivity index (χ1n) is 8.37. The van der Waals surface area contributed by atoms with Gasteiger partial charge in [-0.15, -0.1) is 0 Å². The molecule has 3 heteroatoms. The summed E-state index contributed by atoms with van der Waals surface area (Å²) in [7, 11) is 0. The fourth-order valence-electron chi connectivity index (χ4n) is 4.16. The largest absolute Gasteiger partial charge is 0.294 e. The van der Waals surface area contributed by atoms with Crippen LogP contribution in [0.3, 0.4) is 0 Å². The van der Waals surface area contributed by atoms with Crippen LogP contribution in [0.15, 0.2) is 48.5 Å². The zero-order valence-corrected chi connectivity index (χ0v) is 13.0. The van der Waals surface area contributed by atoms with Crippen LogP contribution in [0.5, 0.6) is 0 Å². The lowest BCUT2D eigenvalue weighted by atomic mass is 9.92. The minimum absolute atomic E-state index is 0.106. The molecule has 0 N–H and O–H groups in total. The van der Waals surface area contributed by atoms with Crippen molar-refractivity contribution in [2.75, 3.05) is 6.54 Å². The Morgan fingerprint density at radius 2 is 1.61 bits per heavy atom. The summed E-state index contributed by atoms with van der Waals surface area (Å²) in [6.07, 6.45) is 3.84. The molecule has 0 radical (unpaired) electrons. The molecule has 2 aromatic carbocycles. The van der Waals surface area contributed by atoms with E-state index in [1.807, 2.05) is 0 Å². The van der Waals surface area contributed by atoms with Gasteiger partial charge in [0.05, 0.1) is 0 Å². The van der Waals surface area contributed by atoms with Gasteiger partial charge in [0, 0.05) is 24.1 Å². The summed E-state index contributed by atoms with van der Waals surface area (Å²) in [6.45, 7) is 0.955. The molecular formula is C20H20FNO. The number of Topliss-reactive ketones (excluding diaryl/α,β-unsaturated/α-hetero) is 1. The molecule has 2 aromatic rings. The van der Waals surface area contributed by atoms with Crippen molar-refractivity contribution in [3.8, 4) is 0 Å². The normalized spacial score (nSPS) is 22.3. The summed E-state index contributed by atoms with van der Waals surface area (Å²) in [5, 5.41) is 0. The molecule has 2 aliphatic heterocycles. The summed E-state index contributed by atoms with van der Waals surface area (Å²) in [4.78, 5) is 14.7. The van der Waals surface area contributed by atoms with Crippen LogP contribution in [-0.2, 0) is 0 Å². The summed E-state index contributed by atoms with van der Waals surface area (Å²) >= 11 is 0. The van der Waals surface area contributed by atoms with Gasteiger partial charge in [0.25, 0.3) is 0 Å². The van der Waals surface area contributed by atoms with E-state index in [1.165, 1.54) is 36.1 Å². The molecule has 2 atom stereocenters.